The number of carbonyl (C=O) groups is 1. The number of rotatable bonds is 6. The number of aromatic nitrogens is 7. The van der Waals surface area contributed by atoms with Gasteiger partial charge in [-0.2, -0.15) is 10.2 Å². The fourth-order valence-electron chi connectivity index (χ4n) is 2.51. The third-order valence-electron chi connectivity index (χ3n) is 3.83. The first-order valence-electron chi connectivity index (χ1n) is 8.22. The van der Waals surface area contributed by atoms with Crippen molar-refractivity contribution in [1.82, 2.24) is 34.3 Å². The van der Waals surface area contributed by atoms with Crippen LogP contribution in [-0.4, -0.2) is 40.2 Å². The molecule has 0 unspecified atom stereocenters. The number of benzene rings is 1. The highest BCUT2D eigenvalue weighted by atomic mass is 35.5. The van der Waals surface area contributed by atoms with Gasteiger partial charge in [-0.1, -0.05) is 17.7 Å². The van der Waals surface area contributed by atoms with E-state index < -0.39 is 11.7 Å². The van der Waals surface area contributed by atoms with Crippen LogP contribution in [0.5, 0.6) is 0 Å². The summed E-state index contributed by atoms with van der Waals surface area (Å²) in [4.78, 5) is 16.4. The van der Waals surface area contributed by atoms with Crippen LogP contribution in [-0.2, 0) is 13.2 Å². The average Bonchev–Trinajstić information content (AvgIpc) is 3.40. The highest BCUT2D eigenvalue weighted by Gasteiger charge is 2.13. The Labute approximate surface area is 163 Å². The largest absolute Gasteiger partial charge is 0.288 e. The van der Waals surface area contributed by atoms with Gasteiger partial charge in [0.1, 0.15) is 18.8 Å². The van der Waals surface area contributed by atoms with Crippen LogP contribution in [0, 0.1) is 5.82 Å². The zero-order chi connectivity index (χ0) is 19.5. The topological polar surface area (TPSA) is 95.5 Å². The second-order valence-corrected chi connectivity index (χ2v) is 6.29. The lowest BCUT2D eigenvalue weighted by Gasteiger charge is -2.04. The van der Waals surface area contributed by atoms with Gasteiger partial charge in [0, 0.05) is 23.6 Å². The first kappa shape index (κ1) is 17.9. The Morgan fingerprint density at radius 1 is 1.14 bits per heavy atom. The van der Waals surface area contributed by atoms with Crippen molar-refractivity contribution in [2.45, 2.75) is 13.2 Å². The molecule has 0 aliphatic carbocycles. The molecular weight excluding hydrogens is 387 g/mol. The van der Waals surface area contributed by atoms with E-state index in [-0.39, 0.29) is 11.6 Å². The smallest absolute Gasteiger partial charge is 0.278 e. The second-order valence-electron chi connectivity index (χ2n) is 5.88. The van der Waals surface area contributed by atoms with E-state index >= 15 is 0 Å². The first-order valence-corrected chi connectivity index (χ1v) is 8.60. The number of hydrogen-bond acceptors (Lipinski definition) is 5. The third kappa shape index (κ3) is 4.07. The van der Waals surface area contributed by atoms with Gasteiger partial charge in [0.15, 0.2) is 5.69 Å². The Morgan fingerprint density at radius 2 is 2.04 bits per heavy atom. The van der Waals surface area contributed by atoms with Gasteiger partial charge in [-0.15, -0.1) is 5.10 Å². The number of hydrogen-bond donors (Lipinski definition) is 1. The summed E-state index contributed by atoms with van der Waals surface area (Å²) in [5, 5.41) is 15.3. The van der Waals surface area contributed by atoms with E-state index in [2.05, 4.69) is 25.6 Å². The van der Waals surface area contributed by atoms with E-state index in [4.69, 9.17) is 11.6 Å². The molecule has 0 bridgehead atoms. The molecule has 4 rings (SSSR count). The van der Waals surface area contributed by atoms with Crippen molar-refractivity contribution < 1.29 is 9.18 Å². The van der Waals surface area contributed by atoms with Gasteiger partial charge >= 0.3 is 0 Å². The molecule has 0 radical (unpaired) electrons. The van der Waals surface area contributed by atoms with Gasteiger partial charge < -0.3 is 0 Å². The second kappa shape index (κ2) is 7.61. The SMILES string of the molecule is O=C(Nc1ncn(Cc2ccc(F)cc2Cl)n1)c1ccn(Cn2cccn2)n1. The van der Waals surface area contributed by atoms with Gasteiger partial charge in [-0.05, 0) is 29.8 Å². The van der Waals surface area contributed by atoms with Crippen LogP contribution in [0.15, 0.2) is 55.2 Å². The maximum absolute atomic E-state index is 13.1. The molecule has 142 valence electrons. The Bertz CT molecular complexity index is 1100. The van der Waals surface area contributed by atoms with Gasteiger partial charge in [-0.25, -0.2) is 14.1 Å². The summed E-state index contributed by atoms with van der Waals surface area (Å²) in [5.41, 5.74) is 0.910. The van der Waals surface area contributed by atoms with E-state index in [1.54, 1.807) is 46.2 Å². The molecule has 0 saturated carbocycles. The maximum Gasteiger partial charge on any atom is 0.278 e. The minimum Gasteiger partial charge on any atom is -0.288 e. The lowest BCUT2D eigenvalue weighted by atomic mass is 10.2. The van der Waals surface area contributed by atoms with Crippen molar-refractivity contribution in [3.05, 3.63) is 77.3 Å². The summed E-state index contributed by atoms with van der Waals surface area (Å²) in [6.07, 6.45) is 6.59. The van der Waals surface area contributed by atoms with Crippen molar-refractivity contribution in [2.24, 2.45) is 0 Å². The number of halogens is 2. The Hall–Kier alpha value is -3.53. The molecule has 0 fully saturated rings. The number of carbonyl (C=O) groups excluding carboxylic acids is 1. The Balaban J connectivity index is 1.39. The molecule has 11 heteroatoms. The molecule has 0 aliphatic heterocycles. The average molecular weight is 401 g/mol. The molecule has 0 spiro atoms. The molecule has 4 aromatic rings. The molecule has 0 saturated heterocycles. The predicted molar refractivity (Wildman–Crippen MR) is 98.3 cm³/mol. The summed E-state index contributed by atoms with van der Waals surface area (Å²) in [5.74, 6) is -0.714. The van der Waals surface area contributed by atoms with E-state index in [0.29, 0.717) is 23.8 Å². The molecule has 0 aliphatic rings. The van der Waals surface area contributed by atoms with E-state index in [1.165, 1.54) is 23.1 Å². The van der Waals surface area contributed by atoms with Crippen LogP contribution in [0.3, 0.4) is 0 Å². The van der Waals surface area contributed by atoms with Crippen LogP contribution in [0.4, 0.5) is 10.3 Å². The van der Waals surface area contributed by atoms with Crippen molar-refractivity contribution >= 4 is 23.5 Å². The van der Waals surface area contributed by atoms with E-state index in [9.17, 15) is 9.18 Å². The normalized spacial score (nSPS) is 10.9. The molecule has 3 aromatic heterocycles. The monoisotopic (exact) mass is 400 g/mol. The zero-order valence-corrected chi connectivity index (χ0v) is 15.2. The van der Waals surface area contributed by atoms with Crippen molar-refractivity contribution in [2.75, 3.05) is 5.32 Å². The van der Waals surface area contributed by atoms with Crippen molar-refractivity contribution in [3.8, 4) is 0 Å². The van der Waals surface area contributed by atoms with E-state index in [1.807, 2.05) is 0 Å². The summed E-state index contributed by atoms with van der Waals surface area (Å²) < 4.78 is 17.9. The molecular formula is C17H14ClFN8O. The van der Waals surface area contributed by atoms with Crippen LogP contribution < -0.4 is 5.32 Å². The molecule has 1 aromatic carbocycles. The summed E-state index contributed by atoms with van der Waals surface area (Å²) in [6, 6.07) is 7.52. The van der Waals surface area contributed by atoms with Gasteiger partial charge in [-0.3, -0.25) is 19.5 Å². The van der Waals surface area contributed by atoms with E-state index in [0.717, 1.165) is 0 Å². The summed E-state index contributed by atoms with van der Waals surface area (Å²) in [6.45, 7) is 0.687. The highest BCUT2D eigenvalue weighted by Crippen LogP contribution is 2.18. The molecule has 1 amide bonds. The first-order chi connectivity index (χ1) is 13.6. The number of amides is 1. The molecule has 3 heterocycles. The lowest BCUT2D eigenvalue weighted by molar-refractivity contribution is 0.102. The van der Waals surface area contributed by atoms with Gasteiger partial charge in [0.05, 0.1) is 6.54 Å². The Kier molecular flexibility index (Phi) is 4.85. The van der Waals surface area contributed by atoms with Crippen LogP contribution >= 0.6 is 11.6 Å². The van der Waals surface area contributed by atoms with Crippen molar-refractivity contribution in [1.29, 1.82) is 0 Å². The minimum atomic E-state index is -0.434. The minimum absolute atomic E-state index is 0.130. The zero-order valence-electron chi connectivity index (χ0n) is 14.4. The van der Waals surface area contributed by atoms with Crippen LogP contribution in [0.2, 0.25) is 5.02 Å². The quantitative estimate of drug-likeness (QED) is 0.535. The molecule has 1 N–H and O–H groups in total. The van der Waals surface area contributed by atoms with Gasteiger partial charge in [0.2, 0.25) is 5.95 Å². The number of anilines is 1. The van der Waals surface area contributed by atoms with Crippen LogP contribution in [0.25, 0.3) is 0 Å². The lowest BCUT2D eigenvalue weighted by Crippen LogP contribution is -2.16. The molecule has 9 nitrogen and oxygen atoms in total. The molecule has 0 atom stereocenters. The fraction of sp³-hybridized carbons (Fsp3) is 0.118. The highest BCUT2D eigenvalue weighted by molar-refractivity contribution is 6.31. The standard InChI is InChI=1S/C17H14ClFN8O/c18-14-8-13(19)3-2-12(14)9-27-10-20-17(24-27)22-16(28)15-4-7-26(23-15)11-25-6-1-5-21-25/h1-8,10H,9,11H2,(H,22,24,28). The number of nitrogens with zero attached hydrogens (tertiary/aromatic N) is 7. The number of nitrogens with one attached hydrogen (secondary N) is 1. The fourth-order valence-corrected chi connectivity index (χ4v) is 2.74. The Morgan fingerprint density at radius 3 is 2.82 bits per heavy atom. The third-order valence-corrected chi connectivity index (χ3v) is 4.18. The summed E-state index contributed by atoms with van der Waals surface area (Å²) >= 11 is 6.02. The predicted octanol–water partition coefficient (Wildman–Crippen LogP) is 2.27. The maximum atomic E-state index is 13.1. The van der Waals surface area contributed by atoms with Crippen LogP contribution in [0.1, 0.15) is 16.1 Å². The van der Waals surface area contributed by atoms with Crippen molar-refractivity contribution in [3.63, 3.8) is 0 Å². The van der Waals surface area contributed by atoms with Gasteiger partial charge in [0.25, 0.3) is 5.91 Å². The summed E-state index contributed by atoms with van der Waals surface area (Å²) in [7, 11) is 0. The molecule has 28 heavy (non-hydrogen) atoms.